The van der Waals surface area contributed by atoms with Crippen LogP contribution in [0.5, 0.6) is 0 Å². The van der Waals surface area contributed by atoms with E-state index in [1.807, 2.05) is 0 Å². The number of hydrogen-bond acceptors (Lipinski definition) is 7. The molecule has 2 aromatic heterocycles. The van der Waals surface area contributed by atoms with Crippen LogP contribution in [-0.2, 0) is 28.3 Å². The van der Waals surface area contributed by atoms with Crippen LogP contribution in [0.4, 0.5) is 32.2 Å². The van der Waals surface area contributed by atoms with Crippen molar-refractivity contribution in [3.8, 4) is 23.0 Å². The van der Waals surface area contributed by atoms with Crippen molar-refractivity contribution < 1.29 is 50.0 Å². The lowest BCUT2D eigenvalue weighted by Gasteiger charge is -2.23. The second-order valence-corrected chi connectivity index (χ2v) is 16.4. The highest BCUT2D eigenvalue weighted by molar-refractivity contribution is 7.92. The van der Waals surface area contributed by atoms with Crippen LogP contribution in [-0.4, -0.2) is 70.7 Å². The van der Waals surface area contributed by atoms with Gasteiger partial charge in [0.05, 0.1) is 33.9 Å². The third kappa shape index (κ3) is 8.55. The summed E-state index contributed by atoms with van der Waals surface area (Å²) in [7, 11) is -2.30. The van der Waals surface area contributed by atoms with Crippen molar-refractivity contribution >= 4 is 50.0 Å². The van der Waals surface area contributed by atoms with Gasteiger partial charge in [-0.15, -0.1) is 0 Å². The molecule has 1 fully saturated rings. The van der Waals surface area contributed by atoms with Crippen molar-refractivity contribution in [2.45, 2.75) is 50.7 Å². The van der Waals surface area contributed by atoms with Gasteiger partial charge in [-0.25, -0.2) is 31.0 Å². The molecule has 0 saturated heterocycles. The fourth-order valence-corrected chi connectivity index (χ4v) is 7.66. The van der Waals surface area contributed by atoms with Gasteiger partial charge in [0.2, 0.25) is 10.0 Å². The number of aromatic nitrogens is 3. The Bertz CT molecular complexity index is 2470. The first-order valence-corrected chi connectivity index (χ1v) is 19.3. The number of carbonyl (C=O) groups excluding carboxylic acids is 1. The summed E-state index contributed by atoms with van der Waals surface area (Å²) in [5.41, 5.74) is -2.87. The van der Waals surface area contributed by atoms with Gasteiger partial charge < -0.3 is 15.7 Å². The number of amides is 1. The summed E-state index contributed by atoms with van der Waals surface area (Å²) in [6.45, 7) is 2.12. The number of halogens is 7. The maximum Gasteiger partial charge on any atom is 0.323 e. The van der Waals surface area contributed by atoms with Crippen LogP contribution in [0, 0.1) is 40.7 Å². The lowest BCUT2D eigenvalue weighted by Crippen LogP contribution is -2.87. The summed E-state index contributed by atoms with van der Waals surface area (Å²) in [4.78, 5) is 18.4. The summed E-state index contributed by atoms with van der Waals surface area (Å²) in [5.74, 6) is -3.19. The van der Waals surface area contributed by atoms with Gasteiger partial charge in [-0.2, -0.15) is 13.9 Å². The highest BCUT2D eigenvalue weighted by Gasteiger charge is 2.68. The number of alkyl halides is 4. The first-order chi connectivity index (χ1) is 26.0. The Kier molecular flexibility index (Phi) is 10.8. The summed E-state index contributed by atoms with van der Waals surface area (Å²) < 4.78 is 115. The number of hydrogen-bond donors (Lipinski definition) is 5. The predicted molar refractivity (Wildman–Crippen MR) is 196 cm³/mol. The summed E-state index contributed by atoms with van der Waals surface area (Å²) in [5, 5.41) is 26.2. The number of benzene rings is 2. The molecule has 0 spiro atoms. The monoisotopic (exact) mass is 822 g/mol. The molecule has 2 heterocycles. The maximum atomic E-state index is 15.3. The number of anilines is 1. The predicted octanol–water partition coefficient (Wildman–Crippen LogP) is 4.85. The van der Waals surface area contributed by atoms with Crippen LogP contribution in [0.1, 0.15) is 43.3 Å². The lowest BCUT2D eigenvalue weighted by molar-refractivity contribution is -0.609. The van der Waals surface area contributed by atoms with E-state index >= 15 is 8.78 Å². The van der Waals surface area contributed by atoms with E-state index in [4.69, 9.17) is 22.0 Å². The van der Waals surface area contributed by atoms with Crippen LogP contribution >= 0.6 is 11.6 Å². The van der Waals surface area contributed by atoms with Gasteiger partial charge in [0.15, 0.2) is 18.1 Å². The lowest BCUT2D eigenvalue weighted by atomic mass is 9.93. The van der Waals surface area contributed by atoms with Gasteiger partial charge >= 0.3 is 5.92 Å². The van der Waals surface area contributed by atoms with E-state index in [1.54, 1.807) is 12.1 Å². The zero-order valence-electron chi connectivity index (χ0n) is 30.1. The Balaban J connectivity index is 1.48. The number of nitrogens with two attached hydrogens (primary N) is 1. The first kappa shape index (κ1) is 40.7. The number of quaternary nitrogens is 1. The number of fused-ring (bicyclic) bond motifs is 2. The number of sulfonamides is 1. The number of aliphatic hydroxyl groups is 1. The molecule has 4 aromatic rings. The number of allylic oxidation sites excluding steroid dienone is 2. The van der Waals surface area contributed by atoms with Crippen LogP contribution in [0.3, 0.4) is 0 Å². The van der Waals surface area contributed by atoms with Crippen molar-refractivity contribution in [2.75, 3.05) is 17.5 Å². The molecule has 6 N–H and O–H groups in total. The molecular weight excluding hydrogens is 788 g/mol. The third-order valence-electron chi connectivity index (χ3n) is 9.23. The largest absolute Gasteiger partial charge is 0.378 e. The van der Waals surface area contributed by atoms with Gasteiger partial charge in [-0.3, -0.25) is 19.6 Å². The van der Waals surface area contributed by atoms with Crippen molar-refractivity contribution in [1.29, 1.82) is 5.41 Å². The van der Waals surface area contributed by atoms with Crippen molar-refractivity contribution in [3.05, 3.63) is 87.3 Å². The molecule has 11 nitrogen and oxygen atoms in total. The van der Waals surface area contributed by atoms with E-state index < -0.39 is 86.9 Å². The molecule has 2 aromatic carbocycles. The number of aryl methyl sites for hydroxylation is 1. The summed E-state index contributed by atoms with van der Waals surface area (Å²) >= 11 is 6.56. The molecule has 2 aliphatic rings. The minimum absolute atomic E-state index is 0.0415. The molecule has 0 radical (unpaired) electrons. The molecule has 56 heavy (non-hydrogen) atoms. The number of nitrogens with zero attached hydrogens (tertiary/aromatic N) is 3. The number of pyridine rings is 1. The molecular formula is C37H35ClF6N7O4S+. The van der Waals surface area contributed by atoms with E-state index in [2.05, 4.69) is 27.0 Å². The fraction of sp³-hybridized carbons (Fsp3) is 0.351. The van der Waals surface area contributed by atoms with Crippen molar-refractivity contribution in [3.63, 3.8) is 0 Å². The smallest absolute Gasteiger partial charge is 0.323 e. The average Bonchev–Trinajstić information content (AvgIpc) is 3.76. The average molecular weight is 823 g/mol. The Morgan fingerprint density at radius 1 is 1.16 bits per heavy atom. The zero-order valence-corrected chi connectivity index (χ0v) is 31.7. The quantitative estimate of drug-likeness (QED) is 0.0779. The minimum atomic E-state index is -3.83. The van der Waals surface area contributed by atoms with Crippen LogP contribution < -0.4 is 15.4 Å². The normalized spacial score (nSPS) is 18.1. The molecule has 0 aliphatic heterocycles. The third-order valence-corrected chi connectivity index (χ3v) is 10.1. The highest BCUT2D eigenvalue weighted by atomic mass is 35.5. The van der Waals surface area contributed by atoms with E-state index in [0.717, 1.165) is 23.7 Å². The van der Waals surface area contributed by atoms with E-state index in [1.165, 1.54) is 37.7 Å². The highest BCUT2D eigenvalue weighted by Crippen LogP contribution is 2.61. The Morgan fingerprint density at radius 2 is 1.82 bits per heavy atom. The number of carbonyl (C=O) groups is 1. The Labute approximate surface area is 322 Å². The SMILES string of the molecule is Cn1nc(NS(C)(=O)=O)c2c(Cl)ccc(-c3ccc(C#CC(C)(C)O)nc3C(Cc3cc(F)cc(F)c3)NC(=O)C[NH2+]C3=C(C(=N)C(F)F)C4CC4C3(F)F)c21. The second kappa shape index (κ2) is 14.8. The molecule has 3 unspecified atom stereocenters. The molecule has 19 heteroatoms. The maximum absolute atomic E-state index is 15.3. The van der Waals surface area contributed by atoms with E-state index in [0.29, 0.717) is 17.1 Å². The van der Waals surface area contributed by atoms with Crippen molar-refractivity contribution in [2.24, 2.45) is 18.9 Å². The Morgan fingerprint density at radius 3 is 2.45 bits per heavy atom. The number of rotatable bonds is 12. The van der Waals surface area contributed by atoms with Gasteiger partial charge in [-0.05, 0) is 68.5 Å². The number of nitrogens with one attached hydrogen (secondary N) is 3. The molecule has 1 amide bonds. The molecule has 3 atom stereocenters. The van der Waals surface area contributed by atoms with Crippen LogP contribution in [0.25, 0.3) is 22.0 Å². The fourth-order valence-electron chi connectivity index (χ4n) is 6.93. The first-order valence-electron chi connectivity index (χ1n) is 17.0. The Hall–Kier alpha value is -4.96. The molecule has 2 aliphatic carbocycles. The molecule has 296 valence electrons. The molecule has 6 rings (SSSR count). The summed E-state index contributed by atoms with van der Waals surface area (Å²) in [6.07, 6.45) is -2.76. The topological polar surface area (TPSA) is 167 Å². The standard InChI is InChI=1S/C37H34ClF6N7O4S/c1-36(2,53)10-9-20-5-6-21(22-7-8-25(38)29-32(22)51(3)49-35(29)50-56(4,54)55)31(47-20)26(13-17-11-18(39)14-19(40)12-17)48-27(52)16-46-33-28(30(45)34(41)42)23-15-24(23)37(33,43)44/h5-8,11-12,14,23-24,26,34,45-46,53H,13,15-16H2,1-4H3,(H,48,52)(H,49,50)/p+1. The van der Waals surface area contributed by atoms with Gasteiger partial charge in [-0.1, -0.05) is 23.6 Å². The van der Waals surface area contributed by atoms with Gasteiger partial charge in [0.25, 0.3) is 12.3 Å². The van der Waals surface area contributed by atoms with E-state index in [-0.39, 0.29) is 51.6 Å². The second-order valence-electron chi connectivity index (χ2n) is 14.2. The zero-order chi connectivity index (χ0) is 41.1. The molecule has 0 bridgehead atoms. The van der Waals surface area contributed by atoms with Crippen LogP contribution in [0.2, 0.25) is 5.02 Å². The minimum Gasteiger partial charge on any atom is -0.378 e. The van der Waals surface area contributed by atoms with Gasteiger partial charge in [0.1, 0.15) is 28.6 Å². The van der Waals surface area contributed by atoms with Gasteiger partial charge in [0, 0.05) is 41.6 Å². The van der Waals surface area contributed by atoms with Crippen molar-refractivity contribution in [1.82, 2.24) is 20.1 Å². The molecule has 1 saturated carbocycles. The van der Waals surface area contributed by atoms with Crippen LogP contribution in [0.15, 0.2) is 53.7 Å². The summed E-state index contributed by atoms with van der Waals surface area (Å²) in [6, 6.07) is 7.51. The van der Waals surface area contributed by atoms with E-state index in [9.17, 15) is 35.9 Å².